The zero-order valence-corrected chi connectivity index (χ0v) is 17.7. The summed E-state index contributed by atoms with van der Waals surface area (Å²) < 4.78 is 1.07. The second kappa shape index (κ2) is 8.51. The number of carbonyl (C=O) groups is 2. The van der Waals surface area contributed by atoms with Gasteiger partial charge in [0.05, 0.1) is 16.1 Å². The predicted molar refractivity (Wildman–Crippen MR) is 118 cm³/mol. The number of carbonyl (C=O) groups excluding carboxylic acids is 2. The molecule has 2 aromatic carbocycles. The molecule has 0 unspecified atom stereocenters. The third-order valence-corrected chi connectivity index (χ3v) is 6.45. The maximum atomic E-state index is 12.8. The summed E-state index contributed by atoms with van der Waals surface area (Å²) in [5.74, 6) is -0.377. The van der Waals surface area contributed by atoms with E-state index in [-0.39, 0.29) is 17.7 Å². The van der Waals surface area contributed by atoms with Crippen LogP contribution in [0.2, 0.25) is 5.02 Å². The third-order valence-electron chi connectivity index (χ3n) is 5.26. The average Bonchev–Trinajstić information content (AvgIpc) is 3.15. The SMILES string of the molecule is CCc1ccc2nc(NC(=O)[C@H]3CCCN(C(=O)c4ccc(Cl)cc4)C3)sc2c1. The fourth-order valence-electron chi connectivity index (χ4n) is 3.60. The predicted octanol–water partition coefficient (Wildman–Crippen LogP) is 5.00. The number of hydrogen-bond acceptors (Lipinski definition) is 4. The largest absolute Gasteiger partial charge is 0.338 e. The van der Waals surface area contributed by atoms with Crippen molar-refractivity contribution in [2.75, 3.05) is 18.4 Å². The van der Waals surface area contributed by atoms with Gasteiger partial charge in [-0.3, -0.25) is 9.59 Å². The molecule has 29 heavy (non-hydrogen) atoms. The van der Waals surface area contributed by atoms with E-state index in [0.717, 1.165) is 29.5 Å². The van der Waals surface area contributed by atoms with Crippen LogP contribution in [0.3, 0.4) is 0 Å². The second-order valence-corrected chi connectivity index (χ2v) is 8.73. The van der Waals surface area contributed by atoms with Gasteiger partial charge in [-0.25, -0.2) is 4.98 Å². The summed E-state index contributed by atoms with van der Waals surface area (Å²) in [6.07, 6.45) is 2.54. The molecule has 0 radical (unpaired) electrons. The quantitative estimate of drug-likeness (QED) is 0.637. The molecule has 1 N–H and O–H groups in total. The topological polar surface area (TPSA) is 62.3 Å². The molecular formula is C22H22ClN3O2S. The van der Waals surface area contributed by atoms with Gasteiger partial charge in [0, 0.05) is 23.7 Å². The summed E-state index contributed by atoms with van der Waals surface area (Å²) in [6.45, 7) is 3.19. The lowest BCUT2D eigenvalue weighted by Gasteiger charge is -2.32. The van der Waals surface area contributed by atoms with Crippen molar-refractivity contribution in [1.29, 1.82) is 0 Å². The molecule has 1 fully saturated rings. The lowest BCUT2D eigenvalue weighted by Crippen LogP contribution is -2.43. The summed E-state index contributed by atoms with van der Waals surface area (Å²) in [7, 11) is 0. The molecule has 0 spiro atoms. The zero-order valence-electron chi connectivity index (χ0n) is 16.2. The van der Waals surface area contributed by atoms with Crippen molar-refractivity contribution in [3.8, 4) is 0 Å². The first-order valence-corrected chi connectivity index (χ1v) is 11.0. The van der Waals surface area contributed by atoms with Crippen LogP contribution < -0.4 is 5.32 Å². The van der Waals surface area contributed by atoms with Gasteiger partial charge in [-0.15, -0.1) is 0 Å². The minimum atomic E-state index is -0.238. The number of fused-ring (bicyclic) bond motifs is 1. The number of likely N-dealkylation sites (tertiary alicyclic amines) is 1. The smallest absolute Gasteiger partial charge is 0.253 e. The number of rotatable bonds is 4. The van der Waals surface area contributed by atoms with Crippen LogP contribution in [0.1, 0.15) is 35.7 Å². The Bertz CT molecular complexity index is 1050. The van der Waals surface area contributed by atoms with Gasteiger partial charge in [0.2, 0.25) is 5.91 Å². The fraction of sp³-hybridized carbons (Fsp3) is 0.318. The summed E-state index contributed by atoms with van der Waals surface area (Å²) in [6, 6.07) is 13.0. The maximum Gasteiger partial charge on any atom is 0.253 e. The highest BCUT2D eigenvalue weighted by molar-refractivity contribution is 7.22. The highest BCUT2D eigenvalue weighted by Crippen LogP contribution is 2.28. The van der Waals surface area contributed by atoms with E-state index in [0.29, 0.717) is 28.8 Å². The minimum Gasteiger partial charge on any atom is -0.338 e. The van der Waals surface area contributed by atoms with Gasteiger partial charge in [-0.2, -0.15) is 0 Å². The van der Waals surface area contributed by atoms with Crippen molar-refractivity contribution >= 4 is 50.1 Å². The molecule has 4 rings (SSSR count). The molecule has 1 saturated heterocycles. The number of benzene rings is 2. The Balaban J connectivity index is 1.43. The summed E-state index contributed by atoms with van der Waals surface area (Å²) in [5, 5.41) is 4.17. The molecule has 0 bridgehead atoms. The van der Waals surface area contributed by atoms with Gasteiger partial charge in [0.1, 0.15) is 0 Å². The highest BCUT2D eigenvalue weighted by atomic mass is 35.5. The Kier molecular flexibility index (Phi) is 5.83. The Hall–Kier alpha value is -2.44. The van der Waals surface area contributed by atoms with Crippen LogP contribution in [0.5, 0.6) is 0 Å². The van der Waals surface area contributed by atoms with Crippen molar-refractivity contribution in [1.82, 2.24) is 9.88 Å². The molecular weight excluding hydrogens is 406 g/mol. The lowest BCUT2D eigenvalue weighted by atomic mass is 9.96. The number of aryl methyl sites for hydroxylation is 1. The monoisotopic (exact) mass is 427 g/mol. The van der Waals surface area contributed by atoms with Gasteiger partial charge in [-0.1, -0.05) is 35.9 Å². The Morgan fingerprint density at radius 1 is 1.24 bits per heavy atom. The van der Waals surface area contributed by atoms with Crippen LogP contribution in [0, 0.1) is 5.92 Å². The number of hydrogen-bond donors (Lipinski definition) is 1. The zero-order chi connectivity index (χ0) is 20.4. The van der Waals surface area contributed by atoms with Crippen molar-refractivity contribution in [3.63, 3.8) is 0 Å². The normalized spacial score (nSPS) is 16.8. The molecule has 1 atom stereocenters. The molecule has 0 aliphatic carbocycles. The van der Waals surface area contributed by atoms with E-state index in [1.54, 1.807) is 29.2 Å². The molecule has 1 aromatic heterocycles. The highest BCUT2D eigenvalue weighted by Gasteiger charge is 2.29. The fourth-order valence-corrected chi connectivity index (χ4v) is 4.66. The Labute approximate surface area is 178 Å². The van der Waals surface area contributed by atoms with E-state index < -0.39 is 0 Å². The molecule has 2 heterocycles. The van der Waals surface area contributed by atoms with Crippen LogP contribution in [0.4, 0.5) is 5.13 Å². The van der Waals surface area contributed by atoms with Crippen molar-refractivity contribution in [2.45, 2.75) is 26.2 Å². The average molecular weight is 428 g/mol. The van der Waals surface area contributed by atoms with E-state index in [4.69, 9.17) is 11.6 Å². The number of anilines is 1. The first-order valence-electron chi connectivity index (χ1n) is 9.78. The van der Waals surface area contributed by atoms with Crippen LogP contribution in [-0.4, -0.2) is 34.8 Å². The molecule has 5 nitrogen and oxygen atoms in total. The van der Waals surface area contributed by atoms with Gasteiger partial charge in [-0.05, 0) is 61.2 Å². The third kappa shape index (κ3) is 4.43. The molecule has 150 valence electrons. The molecule has 7 heteroatoms. The van der Waals surface area contributed by atoms with Crippen LogP contribution in [0.25, 0.3) is 10.2 Å². The Morgan fingerprint density at radius 3 is 2.79 bits per heavy atom. The second-order valence-electron chi connectivity index (χ2n) is 7.26. The minimum absolute atomic E-state index is 0.0637. The number of nitrogens with zero attached hydrogens (tertiary/aromatic N) is 2. The number of amides is 2. The number of piperidine rings is 1. The number of thiazole rings is 1. The van der Waals surface area contributed by atoms with Gasteiger partial charge < -0.3 is 10.2 Å². The molecule has 2 amide bonds. The Morgan fingerprint density at radius 2 is 2.03 bits per heavy atom. The summed E-state index contributed by atoms with van der Waals surface area (Å²) >= 11 is 7.40. The number of halogens is 1. The molecule has 3 aromatic rings. The number of nitrogens with one attached hydrogen (secondary N) is 1. The first-order chi connectivity index (χ1) is 14.0. The van der Waals surface area contributed by atoms with Crippen molar-refractivity contribution in [3.05, 3.63) is 58.6 Å². The van der Waals surface area contributed by atoms with Crippen LogP contribution in [0.15, 0.2) is 42.5 Å². The van der Waals surface area contributed by atoms with E-state index >= 15 is 0 Å². The van der Waals surface area contributed by atoms with E-state index in [2.05, 4.69) is 29.4 Å². The molecule has 1 aliphatic rings. The van der Waals surface area contributed by atoms with E-state index in [1.165, 1.54) is 16.9 Å². The lowest BCUT2D eigenvalue weighted by molar-refractivity contribution is -0.121. The molecule has 1 aliphatic heterocycles. The maximum absolute atomic E-state index is 12.8. The summed E-state index contributed by atoms with van der Waals surface area (Å²) in [5.41, 5.74) is 2.74. The van der Waals surface area contributed by atoms with E-state index in [9.17, 15) is 9.59 Å². The van der Waals surface area contributed by atoms with Gasteiger partial charge in [0.15, 0.2) is 5.13 Å². The van der Waals surface area contributed by atoms with Crippen molar-refractivity contribution < 1.29 is 9.59 Å². The van der Waals surface area contributed by atoms with Gasteiger partial charge >= 0.3 is 0 Å². The number of aromatic nitrogens is 1. The van der Waals surface area contributed by atoms with E-state index in [1.807, 2.05) is 6.07 Å². The first kappa shape index (κ1) is 19.9. The van der Waals surface area contributed by atoms with Crippen LogP contribution >= 0.6 is 22.9 Å². The van der Waals surface area contributed by atoms with Gasteiger partial charge in [0.25, 0.3) is 5.91 Å². The standard InChI is InChI=1S/C22H22ClN3O2S/c1-2-14-5-10-18-19(12-14)29-22(24-18)25-20(27)16-4-3-11-26(13-16)21(28)15-6-8-17(23)9-7-15/h5-10,12,16H,2-4,11,13H2,1H3,(H,24,25,27)/t16-/m0/s1. The molecule has 0 saturated carbocycles. The van der Waals surface area contributed by atoms with Crippen molar-refractivity contribution in [2.24, 2.45) is 5.92 Å². The summed E-state index contributed by atoms with van der Waals surface area (Å²) in [4.78, 5) is 31.9. The van der Waals surface area contributed by atoms with Crippen LogP contribution in [-0.2, 0) is 11.2 Å².